The Kier molecular flexibility index (Phi) is 6.02. The number of sulfone groups is 1. The Morgan fingerprint density at radius 2 is 1.87 bits per heavy atom. The Hall–Kier alpha value is -2.46. The third kappa shape index (κ3) is 4.74. The predicted molar refractivity (Wildman–Crippen MR) is 113 cm³/mol. The van der Waals surface area contributed by atoms with E-state index in [1.807, 2.05) is 0 Å². The average molecular weight is 469 g/mol. The quantitative estimate of drug-likeness (QED) is 0.664. The van der Waals surface area contributed by atoms with Gasteiger partial charge in [-0.15, -0.1) is 0 Å². The molecule has 0 aliphatic carbocycles. The highest BCUT2D eigenvalue weighted by Crippen LogP contribution is 2.28. The fourth-order valence-electron chi connectivity index (χ4n) is 3.98. The van der Waals surface area contributed by atoms with E-state index in [1.54, 1.807) is 11.1 Å². The number of aromatic nitrogens is 2. The van der Waals surface area contributed by atoms with E-state index in [2.05, 4.69) is 14.9 Å². The van der Waals surface area contributed by atoms with Crippen molar-refractivity contribution >= 4 is 33.2 Å². The van der Waals surface area contributed by atoms with E-state index in [0.29, 0.717) is 18.1 Å². The van der Waals surface area contributed by atoms with E-state index in [0.717, 1.165) is 44.1 Å². The maximum atomic E-state index is 14.3. The van der Waals surface area contributed by atoms with Crippen molar-refractivity contribution in [1.82, 2.24) is 14.9 Å². The van der Waals surface area contributed by atoms with Crippen LogP contribution in [0.1, 0.15) is 19.3 Å². The van der Waals surface area contributed by atoms with Gasteiger partial charge in [0.25, 0.3) is 5.91 Å². The molecule has 1 aromatic carbocycles. The molecular formula is C20H22ClFN4O4S. The molecule has 0 unspecified atom stereocenters. The van der Waals surface area contributed by atoms with E-state index in [4.69, 9.17) is 16.3 Å². The molecule has 0 spiro atoms. The number of benzene rings is 1. The molecule has 0 bridgehead atoms. The summed E-state index contributed by atoms with van der Waals surface area (Å²) in [7, 11) is -3.52. The highest BCUT2D eigenvalue weighted by molar-refractivity contribution is 7.90. The lowest BCUT2D eigenvalue weighted by atomic mass is 10.0. The van der Waals surface area contributed by atoms with Crippen LogP contribution in [0.3, 0.4) is 0 Å². The molecule has 8 nitrogen and oxygen atoms in total. The molecule has 2 aliphatic rings. The van der Waals surface area contributed by atoms with Gasteiger partial charge in [0.05, 0.1) is 17.3 Å². The molecule has 2 saturated heterocycles. The summed E-state index contributed by atoms with van der Waals surface area (Å²) in [5.74, 6) is -0.337. The summed E-state index contributed by atoms with van der Waals surface area (Å²) in [6.07, 6.45) is 5.38. The van der Waals surface area contributed by atoms with Crippen LogP contribution in [0.2, 0.25) is 5.15 Å². The number of anilines is 1. The van der Waals surface area contributed by atoms with Gasteiger partial charge in [-0.2, -0.15) is 0 Å². The van der Waals surface area contributed by atoms with Gasteiger partial charge < -0.3 is 14.5 Å². The molecule has 2 fully saturated rings. The highest BCUT2D eigenvalue weighted by atomic mass is 35.5. The number of piperidine rings is 1. The molecule has 1 atom stereocenters. The number of hydrogen-bond donors (Lipinski definition) is 0. The first kappa shape index (κ1) is 21.8. The molecule has 1 amide bonds. The Bertz CT molecular complexity index is 1080. The topological polar surface area (TPSA) is 92.7 Å². The van der Waals surface area contributed by atoms with E-state index in [1.165, 1.54) is 18.3 Å². The van der Waals surface area contributed by atoms with Gasteiger partial charge in [0.15, 0.2) is 27.5 Å². The molecule has 4 rings (SSSR count). The third-order valence-electron chi connectivity index (χ3n) is 5.63. The van der Waals surface area contributed by atoms with E-state index < -0.39 is 21.8 Å². The zero-order valence-corrected chi connectivity index (χ0v) is 18.4. The molecular weight excluding hydrogens is 447 g/mol. The summed E-state index contributed by atoms with van der Waals surface area (Å²) >= 11 is 5.79. The lowest BCUT2D eigenvalue weighted by Gasteiger charge is -2.37. The van der Waals surface area contributed by atoms with Crippen molar-refractivity contribution < 1.29 is 22.3 Å². The van der Waals surface area contributed by atoms with Gasteiger partial charge >= 0.3 is 0 Å². The van der Waals surface area contributed by atoms with Gasteiger partial charge in [-0.05, 0) is 31.0 Å². The minimum atomic E-state index is -3.52. The summed E-state index contributed by atoms with van der Waals surface area (Å²) in [5.41, 5.74) is 0. The van der Waals surface area contributed by atoms with Crippen LogP contribution in [0.5, 0.6) is 5.75 Å². The monoisotopic (exact) mass is 468 g/mol. The van der Waals surface area contributed by atoms with E-state index >= 15 is 0 Å². The molecule has 0 saturated carbocycles. The number of carbonyl (C=O) groups excluding carboxylic acids is 1. The molecule has 0 radical (unpaired) electrons. The van der Waals surface area contributed by atoms with Crippen molar-refractivity contribution in [2.45, 2.75) is 36.3 Å². The Balaban J connectivity index is 1.36. The third-order valence-corrected chi connectivity index (χ3v) is 6.93. The number of carbonyl (C=O) groups is 1. The van der Waals surface area contributed by atoms with Crippen LogP contribution in [0.25, 0.3) is 0 Å². The normalized spacial score (nSPS) is 20.4. The lowest BCUT2D eigenvalue weighted by Crippen LogP contribution is -2.47. The lowest BCUT2D eigenvalue weighted by molar-refractivity contribution is -0.135. The number of hydrogen-bond acceptors (Lipinski definition) is 7. The summed E-state index contributed by atoms with van der Waals surface area (Å²) < 4.78 is 43.0. The first-order valence-corrected chi connectivity index (χ1v) is 12.2. The van der Waals surface area contributed by atoms with Gasteiger partial charge in [-0.3, -0.25) is 4.79 Å². The van der Waals surface area contributed by atoms with Crippen molar-refractivity contribution in [3.8, 4) is 5.75 Å². The smallest absolute Gasteiger partial charge is 0.263 e. The highest BCUT2D eigenvalue weighted by Gasteiger charge is 2.39. The number of likely N-dealkylation sites (tertiary alicyclic amines) is 1. The van der Waals surface area contributed by atoms with Crippen LogP contribution in [0, 0.1) is 5.82 Å². The van der Waals surface area contributed by atoms with Crippen molar-refractivity contribution in [3.63, 3.8) is 0 Å². The number of ether oxygens (including phenoxy) is 1. The van der Waals surface area contributed by atoms with Crippen LogP contribution in [-0.4, -0.2) is 67.2 Å². The number of nitrogens with zero attached hydrogens (tertiary/aromatic N) is 4. The molecule has 3 heterocycles. The summed E-state index contributed by atoms with van der Waals surface area (Å²) in [6, 6.07) is 3.53. The fourth-order valence-corrected chi connectivity index (χ4v) is 4.71. The molecule has 0 N–H and O–H groups in total. The van der Waals surface area contributed by atoms with Crippen LogP contribution in [0.4, 0.5) is 10.2 Å². The molecule has 31 heavy (non-hydrogen) atoms. The first-order valence-electron chi connectivity index (χ1n) is 9.91. The van der Waals surface area contributed by atoms with Crippen LogP contribution < -0.4 is 9.64 Å². The van der Waals surface area contributed by atoms with Crippen LogP contribution in [0.15, 0.2) is 35.5 Å². The summed E-state index contributed by atoms with van der Waals surface area (Å²) in [4.78, 5) is 25.0. The Labute approximate surface area is 184 Å². The van der Waals surface area contributed by atoms with Crippen LogP contribution in [-0.2, 0) is 14.6 Å². The Morgan fingerprint density at radius 1 is 1.13 bits per heavy atom. The fraction of sp³-hybridized carbons (Fsp3) is 0.450. The van der Waals surface area contributed by atoms with Crippen LogP contribution >= 0.6 is 11.6 Å². The van der Waals surface area contributed by atoms with Crippen molar-refractivity contribution in [1.29, 1.82) is 0 Å². The second kappa shape index (κ2) is 8.58. The van der Waals surface area contributed by atoms with Gasteiger partial charge in [-0.1, -0.05) is 11.6 Å². The van der Waals surface area contributed by atoms with Gasteiger partial charge in [-0.25, -0.2) is 22.8 Å². The molecule has 2 aromatic rings. The van der Waals surface area contributed by atoms with Gasteiger partial charge in [0.1, 0.15) is 11.0 Å². The zero-order chi connectivity index (χ0) is 22.2. The second-order valence-corrected chi connectivity index (χ2v) is 10.1. The van der Waals surface area contributed by atoms with Gasteiger partial charge in [0.2, 0.25) is 0 Å². The predicted octanol–water partition coefficient (Wildman–Crippen LogP) is 2.32. The zero-order valence-electron chi connectivity index (χ0n) is 16.9. The maximum absolute atomic E-state index is 14.3. The van der Waals surface area contributed by atoms with Crippen molar-refractivity contribution in [3.05, 3.63) is 41.6 Å². The number of amides is 1. The number of halogens is 2. The summed E-state index contributed by atoms with van der Waals surface area (Å²) in [5, 5.41) is 0.342. The standard InChI is InChI=1S/C20H22ClFN4O4S/c1-31(28,29)14-2-3-16(15(22)10-14)30-17-6-9-26(20(17)27)13-4-7-25(8-5-13)19-12-23-18(21)11-24-19/h2-3,10-13,17H,4-9H2,1H3/t17-/m0/s1. The molecule has 1 aromatic heterocycles. The number of rotatable bonds is 5. The molecule has 166 valence electrons. The first-order chi connectivity index (χ1) is 14.7. The van der Waals surface area contributed by atoms with Gasteiger partial charge in [0, 0.05) is 38.4 Å². The van der Waals surface area contributed by atoms with E-state index in [9.17, 15) is 17.6 Å². The SMILES string of the molecule is CS(=O)(=O)c1ccc(O[C@H]2CCN(C3CCN(c4cnc(Cl)cn4)CC3)C2=O)c(F)c1. The molecule has 11 heteroatoms. The second-order valence-electron chi connectivity index (χ2n) is 7.71. The maximum Gasteiger partial charge on any atom is 0.263 e. The van der Waals surface area contributed by atoms with Crippen molar-refractivity contribution in [2.24, 2.45) is 0 Å². The summed E-state index contributed by atoms with van der Waals surface area (Å²) in [6.45, 7) is 2.01. The minimum Gasteiger partial charge on any atom is -0.477 e. The Morgan fingerprint density at radius 3 is 2.48 bits per heavy atom. The largest absolute Gasteiger partial charge is 0.477 e. The van der Waals surface area contributed by atoms with Crippen molar-refractivity contribution in [2.75, 3.05) is 30.8 Å². The minimum absolute atomic E-state index is 0.0788. The molecule has 2 aliphatic heterocycles. The van der Waals surface area contributed by atoms with E-state index in [-0.39, 0.29) is 22.6 Å². The average Bonchev–Trinajstić information content (AvgIpc) is 3.10.